The lowest BCUT2D eigenvalue weighted by Crippen LogP contribution is -2.26. The number of nitrogens with one attached hydrogen (secondary N) is 2. The topological polar surface area (TPSA) is 108 Å². The van der Waals surface area contributed by atoms with Crippen LogP contribution in [0, 0.1) is 5.82 Å². The van der Waals surface area contributed by atoms with Gasteiger partial charge in [-0.05, 0) is 53.8 Å². The van der Waals surface area contributed by atoms with E-state index in [2.05, 4.69) is 20.3 Å². The Morgan fingerprint density at radius 3 is 2.42 bits per heavy atom. The third-order valence-corrected chi connectivity index (χ3v) is 5.82. The first-order chi connectivity index (χ1) is 17.5. The Morgan fingerprint density at radius 2 is 1.64 bits per heavy atom. The van der Waals surface area contributed by atoms with Crippen molar-refractivity contribution in [3.63, 3.8) is 0 Å². The molecule has 0 bridgehead atoms. The fraction of sp³-hybridized carbons (Fsp3) is 0.0714. The number of benzene rings is 3. The Bertz CT molecular complexity index is 1580. The van der Waals surface area contributed by atoms with E-state index >= 15 is 0 Å². The van der Waals surface area contributed by atoms with E-state index in [1.54, 1.807) is 30.6 Å². The minimum atomic E-state index is -1.15. The molecule has 3 aromatic carbocycles. The second-order valence-electron chi connectivity index (χ2n) is 8.30. The van der Waals surface area contributed by atoms with Crippen LogP contribution in [-0.2, 0) is 6.42 Å². The fourth-order valence-electron chi connectivity index (χ4n) is 3.92. The number of fused-ring (bicyclic) bond motifs is 1. The molecule has 0 aliphatic heterocycles. The van der Waals surface area contributed by atoms with E-state index in [0.717, 1.165) is 16.3 Å². The maximum absolute atomic E-state index is 13.1. The third-order valence-electron chi connectivity index (χ3n) is 5.82. The number of rotatable bonds is 7. The molecule has 0 aliphatic rings. The molecular weight excluding hydrogens is 459 g/mol. The number of carbonyl (C=O) groups excluding carboxylic acids is 1. The average molecular weight is 480 g/mol. The zero-order chi connectivity index (χ0) is 25.1. The van der Waals surface area contributed by atoms with Crippen molar-refractivity contribution in [2.24, 2.45) is 0 Å². The van der Waals surface area contributed by atoms with E-state index in [1.165, 1.54) is 24.3 Å². The van der Waals surface area contributed by atoms with Gasteiger partial charge < -0.3 is 15.4 Å². The number of halogens is 1. The number of aromatic amines is 1. The smallest absolute Gasteiger partial charge is 0.335 e. The quantitative estimate of drug-likeness (QED) is 0.300. The van der Waals surface area contributed by atoms with Gasteiger partial charge in [0.15, 0.2) is 5.82 Å². The highest BCUT2D eigenvalue weighted by molar-refractivity contribution is 5.99. The van der Waals surface area contributed by atoms with E-state index < -0.39 is 11.9 Å². The summed E-state index contributed by atoms with van der Waals surface area (Å²) in [4.78, 5) is 36.6. The summed E-state index contributed by atoms with van der Waals surface area (Å²) in [6.45, 7) is 0.318. The van der Waals surface area contributed by atoms with Crippen LogP contribution in [0.15, 0.2) is 85.2 Å². The van der Waals surface area contributed by atoms with Crippen molar-refractivity contribution in [2.45, 2.75) is 6.42 Å². The van der Waals surface area contributed by atoms with Crippen LogP contribution in [0.25, 0.3) is 33.5 Å². The maximum Gasteiger partial charge on any atom is 0.335 e. The van der Waals surface area contributed by atoms with Gasteiger partial charge in [-0.25, -0.2) is 14.2 Å². The molecule has 0 spiro atoms. The van der Waals surface area contributed by atoms with E-state index in [1.807, 2.05) is 30.3 Å². The number of amides is 1. The average Bonchev–Trinajstić information content (AvgIpc) is 3.40. The number of hydrogen-bond acceptors (Lipinski definition) is 4. The van der Waals surface area contributed by atoms with Crippen LogP contribution in [0.1, 0.15) is 26.3 Å². The van der Waals surface area contributed by atoms with Crippen LogP contribution in [0.2, 0.25) is 0 Å². The Balaban J connectivity index is 1.38. The van der Waals surface area contributed by atoms with Crippen LogP contribution in [0.3, 0.4) is 0 Å². The lowest BCUT2D eigenvalue weighted by atomic mass is 10.0. The second kappa shape index (κ2) is 9.79. The molecule has 8 heteroatoms. The molecule has 2 aromatic heterocycles. The molecule has 0 radical (unpaired) electrons. The molecule has 36 heavy (non-hydrogen) atoms. The standard InChI is InChI=1S/C28H21FN4O3/c29-23-7-5-17(6-8-23)9-10-30-27(34)21-11-20(12-22(13-21)28(35)36)25-16-32-26(33-25)24-14-18-3-1-2-4-19(18)15-31-24/h1-8,11-16H,9-10H2,(H,30,34)(H,32,33)(H,35,36). The Morgan fingerprint density at radius 1 is 0.889 bits per heavy atom. The van der Waals surface area contributed by atoms with E-state index in [9.17, 15) is 19.1 Å². The van der Waals surface area contributed by atoms with Crippen molar-refractivity contribution in [3.05, 3.63) is 108 Å². The lowest BCUT2D eigenvalue weighted by Gasteiger charge is -2.09. The summed E-state index contributed by atoms with van der Waals surface area (Å²) in [5.41, 5.74) is 2.79. The normalized spacial score (nSPS) is 10.9. The minimum absolute atomic E-state index is 0.0174. The van der Waals surface area contributed by atoms with Crippen molar-refractivity contribution in [1.82, 2.24) is 20.3 Å². The highest BCUT2D eigenvalue weighted by Gasteiger charge is 2.15. The predicted octanol–water partition coefficient (Wildman–Crippen LogP) is 5.10. The number of hydrogen-bond donors (Lipinski definition) is 3. The second-order valence-corrected chi connectivity index (χ2v) is 8.30. The van der Waals surface area contributed by atoms with Crippen molar-refractivity contribution in [2.75, 3.05) is 6.54 Å². The molecule has 0 unspecified atom stereocenters. The van der Waals surface area contributed by atoms with Crippen LogP contribution in [0.5, 0.6) is 0 Å². The molecule has 5 rings (SSSR count). The Hall–Kier alpha value is -4.85. The third kappa shape index (κ3) is 4.97. The molecule has 7 nitrogen and oxygen atoms in total. The highest BCUT2D eigenvalue weighted by atomic mass is 19.1. The predicted molar refractivity (Wildman–Crippen MR) is 134 cm³/mol. The van der Waals surface area contributed by atoms with Gasteiger partial charge in [0, 0.05) is 29.3 Å². The maximum atomic E-state index is 13.1. The van der Waals surface area contributed by atoms with Gasteiger partial charge in [0.25, 0.3) is 5.91 Å². The number of aromatic carboxylic acids is 1. The zero-order valence-electron chi connectivity index (χ0n) is 19.0. The molecule has 3 N–H and O–H groups in total. The molecule has 178 valence electrons. The summed E-state index contributed by atoms with van der Waals surface area (Å²) in [5.74, 6) is -1.34. The minimum Gasteiger partial charge on any atom is -0.478 e. The van der Waals surface area contributed by atoms with E-state index in [-0.39, 0.29) is 16.9 Å². The number of pyridine rings is 1. The van der Waals surface area contributed by atoms with Gasteiger partial charge in [0.1, 0.15) is 11.5 Å². The number of carboxylic acid groups (broad SMARTS) is 1. The first kappa shape index (κ1) is 22.9. The van der Waals surface area contributed by atoms with Crippen molar-refractivity contribution >= 4 is 22.6 Å². The summed E-state index contributed by atoms with van der Waals surface area (Å²) in [6.07, 6.45) is 3.87. The number of carbonyl (C=O) groups is 2. The van der Waals surface area contributed by atoms with Gasteiger partial charge in [-0.1, -0.05) is 36.4 Å². The SMILES string of the molecule is O=C(O)c1cc(C(=O)NCCc2ccc(F)cc2)cc(-c2cnc(-c3cc4ccccc4cn3)[nH]2)c1. The van der Waals surface area contributed by atoms with Gasteiger partial charge in [-0.2, -0.15) is 0 Å². The summed E-state index contributed by atoms with van der Waals surface area (Å²) in [7, 11) is 0. The molecule has 5 aromatic rings. The molecule has 0 fully saturated rings. The largest absolute Gasteiger partial charge is 0.478 e. The fourth-order valence-corrected chi connectivity index (χ4v) is 3.92. The van der Waals surface area contributed by atoms with Gasteiger partial charge in [-0.15, -0.1) is 0 Å². The van der Waals surface area contributed by atoms with Crippen molar-refractivity contribution in [3.8, 4) is 22.8 Å². The van der Waals surface area contributed by atoms with Crippen molar-refractivity contribution in [1.29, 1.82) is 0 Å². The number of H-pyrrole nitrogens is 1. The number of nitrogens with zero attached hydrogens (tertiary/aromatic N) is 2. The summed E-state index contributed by atoms with van der Waals surface area (Å²) < 4.78 is 13.1. The number of carboxylic acids is 1. The monoisotopic (exact) mass is 480 g/mol. The Kier molecular flexibility index (Phi) is 6.23. The van der Waals surface area contributed by atoms with Gasteiger partial charge in [-0.3, -0.25) is 9.78 Å². The van der Waals surface area contributed by atoms with Crippen LogP contribution in [-0.4, -0.2) is 38.5 Å². The molecule has 1 amide bonds. The number of imidazole rings is 1. The van der Waals surface area contributed by atoms with Crippen LogP contribution in [0.4, 0.5) is 4.39 Å². The molecule has 0 saturated carbocycles. The summed E-state index contributed by atoms with van der Waals surface area (Å²) in [6, 6.07) is 20.3. The van der Waals surface area contributed by atoms with Gasteiger partial charge in [0.2, 0.25) is 0 Å². The molecule has 2 heterocycles. The Labute approximate surface area is 205 Å². The highest BCUT2D eigenvalue weighted by Crippen LogP contribution is 2.25. The van der Waals surface area contributed by atoms with Crippen LogP contribution >= 0.6 is 0 Å². The molecule has 0 aliphatic carbocycles. The number of aromatic nitrogens is 3. The first-order valence-corrected chi connectivity index (χ1v) is 11.3. The lowest BCUT2D eigenvalue weighted by molar-refractivity contribution is 0.0697. The van der Waals surface area contributed by atoms with E-state index in [0.29, 0.717) is 35.7 Å². The first-order valence-electron chi connectivity index (χ1n) is 11.3. The molecular formula is C28H21FN4O3. The van der Waals surface area contributed by atoms with Gasteiger partial charge >= 0.3 is 5.97 Å². The summed E-state index contributed by atoms with van der Waals surface area (Å²) >= 11 is 0. The van der Waals surface area contributed by atoms with Gasteiger partial charge in [0.05, 0.1) is 17.5 Å². The van der Waals surface area contributed by atoms with Crippen LogP contribution < -0.4 is 5.32 Å². The molecule has 0 saturated heterocycles. The molecule has 0 atom stereocenters. The van der Waals surface area contributed by atoms with E-state index in [4.69, 9.17) is 0 Å². The zero-order valence-corrected chi connectivity index (χ0v) is 19.0. The summed E-state index contributed by atoms with van der Waals surface area (Å²) in [5, 5.41) is 14.4. The van der Waals surface area contributed by atoms with Crippen molar-refractivity contribution < 1.29 is 19.1 Å².